The molecule has 0 aliphatic carbocycles. The summed E-state index contributed by atoms with van der Waals surface area (Å²) in [5.74, 6) is 3.85. The van der Waals surface area contributed by atoms with E-state index in [9.17, 15) is 0 Å². The summed E-state index contributed by atoms with van der Waals surface area (Å²) in [6.45, 7) is 13.0. The van der Waals surface area contributed by atoms with Crippen molar-refractivity contribution in [3.63, 3.8) is 0 Å². The van der Waals surface area contributed by atoms with Gasteiger partial charge in [-0.25, -0.2) is 29.3 Å². The van der Waals surface area contributed by atoms with Gasteiger partial charge in [0.05, 0.1) is 17.4 Å². The van der Waals surface area contributed by atoms with E-state index in [-0.39, 0.29) is 0 Å². The molecule has 0 bridgehead atoms. The van der Waals surface area contributed by atoms with Crippen molar-refractivity contribution < 1.29 is 9.47 Å². The first-order chi connectivity index (χ1) is 30.9. The Kier molecular flexibility index (Phi) is 12.7. The van der Waals surface area contributed by atoms with E-state index in [4.69, 9.17) is 31.1 Å². The molecule has 0 spiro atoms. The summed E-state index contributed by atoms with van der Waals surface area (Å²) in [5, 5.41) is 22.9. The monoisotopic (exact) mass is 844 g/mol. The van der Waals surface area contributed by atoms with Gasteiger partial charge in [0.25, 0.3) is 0 Å². The third kappa shape index (κ3) is 9.28. The Hall–Kier alpha value is -6.64. The van der Waals surface area contributed by atoms with E-state index in [1.807, 2.05) is 27.6 Å². The maximum Gasteiger partial charge on any atom is 0.163 e. The molecule has 0 atom stereocenters. The predicted octanol–water partition coefficient (Wildman–Crippen LogP) is 8.20. The first-order valence-corrected chi connectivity index (χ1v) is 22.3. The molecule has 0 unspecified atom stereocenters. The number of nitrogens with two attached hydrogens (primary N) is 2. The van der Waals surface area contributed by atoms with Crippen molar-refractivity contribution in [2.45, 2.75) is 58.5 Å². The van der Waals surface area contributed by atoms with E-state index in [0.29, 0.717) is 30.1 Å². The summed E-state index contributed by atoms with van der Waals surface area (Å²) < 4.78 is 15.6. The van der Waals surface area contributed by atoms with Crippen molar-refractivity contribution in [3.05, 3.63) is 98.1 Å². The van der Waals surface area contributed by atoms with Crippen LogP contribution in [0.1, 0.15) is 45.4 Å². The highest BCUT2D eigenvalue weighted by Crippen LogP contribution is 2.35. The standard InChI is InChI=1S/C25H30N6O.C24H26N6O/c1-2-3-12-32-21-7-6-18-13-20(5-4-19(18)14-21)23-22-24(26)28-16-29-25(22)31(30-23)15-17-8-10-27-11-9-17;1-2-11-31-20-6-5-17-12-19(4-3-18(17)13-20)22-21-23(25)27-15-28-24(21)30(29-22)14-16-7-9-26-10-8-16/h4-7,13-14,16-17,27H,2-3,8-12,15H2,1H3,(H2,26,28,29);2-6,12-13,15-16,26H,1,7-11,14H2,(H2,25,27,28). The van der Waals surface area contributed by atoms with Crippen LogP contribution in [0.4, 0.5) is 11.6 Å². The number of hydrogen-bond acceptors (Lipinski definition) is 12. The van der Waals surface area contributed by atoms with E-state index >= 15 is 0 Å². The molecule has 4 aromatic carbocycles. The number of nitrogens with zero attached hydrogens (tertiary/aromatic N) is 8. The number of aromatic nitrogens is 8. The normalized spacial score (nSPS) is 14.9. The molecule has 2 aliphatic heterocycles. The SMILES string of the molecule is C=CCOc1ccc2cc(-c3nn(CC4CCNCC4)c4ncnc(N)c34)ccc2c1.CCCCOc1ccc2cc(-c3nn(CC4CCNCC4)c4ncnc(N)c34)ccc2c1. The third-order valence-corrected chi connectivity index (χ3v) is 12.2. The number of nitrogen functional groups attached to an aromatic ring is 2. The Morgan fingerprint density at radius 2 is 1.10 bits per heavy atom. The summed E-state index contributed by atoms with van der Waals surface area (Å²) in [4.78, 5) is 17.6. The smallest absolute Gasteiger partial charge is 0.163 e. The Morgan fingerprint density at radius 1 is 0.635 bits per heavy atom. The molecule has 0 radical (unpaired) electrons. The molecule has 10 rings (SSSR count). The molecule has 2 fully saturated rings. The van der Waals surface area contributed by atoms with Gasteiger partial charge in [0.1, 0.15) is 53.8 Å². The number of benzene rings is 4. The Morgan fingerprint density at radius 3 is 1.57 bits per heavy atom. The fourth-order valence-electron chi connectivity index (χ4n) is 8.75. The molecule has 0 saturated carbocycles. The molecular formula is C49H56N12O2. The molecule has 14 heteroatoms. The number of nitrogens with one attached hydrogen (secondary N) is 2. The second kappa shape index (κ2) is 19.2. The first-order valence-electron chi connectivity index (χ1n) is 22.3. The van der Waals surface area contributed by atoms with Gasteiger partial charge < -0.3 is 31.6 Å². The van der Waals surface area contributed by atoms with E-state index in [0.717, 1.165) is 162 Å². The van der Waals surface area contributed by atoms with Crippen LogP contribution in [0.3, 0.4) is 0 Å². The van der Waals surface area contributed by atoms with Crippen LogP contribution in [0.2, 0.25) is 0 Å². The molecule has 4 aromatic heterocycles. The van der Waals surface area contributed by atoms with Gasteiger partial charge in [0.15, 0.2) is 11.3 Å². The van der Waals surface area contributed by atoms with Gasteiger partial charge in [-0.2, -0.15) is 10.2 Å². The van der Waals surface area contributed by atoms with Crippen molar-refractivity contribution in [2.75, 3.05) is 50.9 Å². The third-order valence-electron chi connectivity index (χ3n) is 12.2. The number of piperidine rings is 2. The molecule has 63 heavy (non-hydrogen) atoms. The average molecular weight is 845 g/mol. The molecular weight excluding hydrogens is 789 g/mol. The number of anilines is 2. The van der Waals surface area contributed by atoms with Crippen molar-refractivity contribution in [2.24, 2.45) is 11.8 Å². The van der Waals surface area contributed by atoms with Crippen molar-refractivity contribution in [1.82, 2.24) is 50.1 Å². The summed E-state index contributed by atoms with van der Waals surface area (Å²) in [5.41, 5.74) is 17.9. The highest BCUT2D eigenvalue weighted by atomic mass is 16.5. The van der Waals surface area contributed by atoms with Crippen LogP contribution in [0.25, 0.3) is 66.1 Å². The lowest BCUT2D eigenvalue weighted by Crippen LogP contribution is -2.30. The number of fused-ring (bicyclic) bond motifs is 4. The van der Waals surface area contributed by atoms with Crippen LogP contribution >= 0.6 is 0 Å². The minimum Gasteiger partial charge on any atom is -0.494 e. The Labute approximate surface area is 367 Å². The molecule has 6 heterocycles. The van der Waals surface area contributed by atoms with Crippen molar-refractivity contribution in [1.29, 1.82) is 0 Å². The van der Waals surface area contributed by atoms with Crippen LogP contribution in [0, 0.1) is 11.8 Å². The fraction of sp³-hybridized carbons (Fsp3) is 0.347. The summed E-state index contributed by atoms with van der Waals surface area (Å²) in [6.07, 6.45) is 11.6. The van der Waals surface area contributed by atoms with Crippen molar-refractivity contribution in [3.8, 4) is 34.0 Å². The highest BCUT2D eigenvalue weighted by Gasteiger charge is 2.23. The van der Waals surface area contributed by atoms with E-state index < -0.39 is 0 Å². The quantitative estimate of drug-likeness (QED) is 0.0646. The minimum atomic E-state index is 0.463. The first kappa shape index (κ1) is 41.7. The Bertz CT molecular complexity index is 2860. The molecule has 14 nitrogen and oxygen atoms in total. The number of ether oxygens (including phenoxy) is 2. The zero-order chi connectivity index (χ0) is 43.1. The molecule has 2 aliphatic rings. The van der Waals surface area contributed by atoms with Crippen LogP contribution < -0.4 is 31.6 Å². The molecule has 324 valence electrons. The van der Waals surface area contributed by atoms with Gasteiger partial charge in [-0.15, -0.1) is 0 Å². The van der Waals surface area contributed by atoms with Gasteiger partial charge >= 0.3 is 0 Å². The van der Waals surface area contributed by atoms with Crippen LogP contribution in [-0.4, -0.2) is 78.9 Å². The molecule has 8 aromatic rings. The summed E-state index contributed by atoms with van der Waals surface area (Å²) in [7, 11) is 0. The van der Waals surface area contributed by atoms with Gasteiger partial charge in [0, 0.05) is 24.2 Å². The number of unbranched alkanes of at least 4 members (excludes halogenated alkanes) is 1. The van der Waals surface area contributed by atoms with E-state index in [2.05, 4.69) is 98.7 Å². The van der Waals surface area contributed by atoms with Crippen LogP contribution in [-0.2, 0) is 13.1 Å². The lowest BCUT2D eigenvalue weighted by molar-refractivity contribution is 0.310. The Balaban J connectivity index is 0.000000160. The van der Waals surface area contributed by atoms with Gasteiger partial charge in [0.2, 0.25) is 0 Å². The average Bonchev–Trinajstić information content (AvgIpc) is 3.88. The molecule has 0 amide bonds. The number of rotatable bonds is 13. The van der Waals surface area contributed by atoms with Gasteiger partial charge in [-0.05, 0) is 128 Å². The second-order valence-corrected chi connectivity index (χ2v) is 16.6. The summed E-state index contributed by atoms with van der Waals surface area (Å²) >= 11 is 0. The topological polar surface area (TPSA) is 182 Å². The number of hydrogen-bond donors (Lipinski definition) is 4. The highest BCUT2D eigenvalue weighted by molar-refractivity contribution is 6.01. The maximum atomic E-state index is 6.30. The summed E-state index contributed by atoms with van der Waals surface area (Å²) in [6, 6.07) is 25.0. The maximum absolute atomic E-state index is 6.30. The van der Waals surface area contributed by atoms with E-state index in [1.165, 1.54) is 12.7 Å². The minimum absolute atomic E-state index is 0.463. The van der Waals surface area contributed by atoms with Gasteiger partial charge in [-0.3, -0.25) is 0 Å². The molecule has 6 N–H and O–H groups in total. The lowest BCUT2D eigenvalue weighted by atomic mass is 9.98. The van der Waals surface area contributed by atoms with Crippen LogP contribution in [0.5, 0.6) is 11.5 Å². The zero-order valence-corrected chi connectivity index (χ0v) is 36.0. The fourth-order valence-corrected chi connectivity index (χ4v) is 8.75. The lowest BCUT2D eigenvalue weighted by Gasteiger charge is -2.22. The predicted molar refractivity (Wildman–Crippen MR) is 253 cm³/mol. The van der Waals surface area contributed by atoms with E-state index in [1.54, 1.807) is 6.08 Å². The van der Waals surface area contributed by atoms with Crippen molar-refractivity contribution >= 4 is 55.2 Å². The second-order valence-electron chi connectivity index (χ2n) is 16.6. The van der Waals surface area contributed by atoms with Crippen LogP contribution in [0.15, 0.2) is 98.1 Å². The van der Waals surface area contributed by atoms with Gasteiger partial charge in [-0.1, -0.05) is 62.4 Å². The largest absolute Gasteiger partial charge is 0.494 e. The zero-order valence-electron chi connectivity index (χ0n) is 36.0. The molecule has 2 saturated heterocycles.